The number of pyridine rings is 1. The number of carboxylic acids is 1. The third kappa shape index (κ3) is 4.58. The van der Waals surface area contributed by atoms with Gasteiger partial charge in [0.1, 0.15) is 12.2 Å². The van der Waals surface area contributed by atoms with Crippen molar-refractivity contribution in [2.45, 2.75) is 26.4 Å². The molecule has 1 rings (SSSR count). The molecule has 1 heterocycles. The van der Waals surface area contributed by atoms with Gasteiger partial charge < -0.3 is 20.3 Å². The molecular weight excluding hydrogens is 236 g/mol. The van der Waals surface area contributed by atoms with Crippen molar-refractivity contribution in [2.75, 3.05) is 18.9 Å². The number of nitrogens with zero attached hydrogens (tertiary/aromatic N) is 1. The summed E-state index contributed by atoms with van der Waals surface area (Å²) < 4.78 is 10.7. The lowest BCUT2D eigenvalue weighted by Gasteiger charge is -2.19. The Hall–Kier alpha value is -1.82. The van der Waals surface area contributed by atoms with Crippen LogP contribution in [0.4, 0.5) is 5.69 Å². The van der Waals surface area contributed by atoms with E-state index in [1.165, 1.54) is 12.3 Å². The molecule has 1 aromatic rings. The van der Waals surface area contributed by atoms with Crippen LogP contribution in [0.2, 0.25) is 0 Å². The summed E-state index contributed by atoms with van der Waals surface area (Å²) in [7, 11) is 0. The number of hydrogen-bond acceptors (Lipinski definition) is 5. The summed E-state index contributed by atoms with van der Waals surface area (Å²) in [5, 5.41) is 8.97. The second-order valence-corrected chi connectivity index (χ2v) is 4.74. The smallest absolute Gasteiger partial charge is 0.341 e. The molecule has 3 N–H and O–H groups in total. The van der Waals surface area contributed by atoms with E-state index >= 15 is 0 Å². The molecule has 0 aliphatic carbocycles. The number of carboxylic acid groups (broad SMARTS) is 1. The highest BCUT2D eigenvalue weighted by atomic mass is 16.5. The zero-order chi connectivity index (χ0) is 13.8. The van der Waals surface area contributed by atoms with E-state index in [2.05, 4.69) is 4.98 Å². The molecule has 100 valence electrons. The molecule has 6 heteroatoms. The second-order valence-electron chi connectivity index (χ2n) is 4.74. The highest BCUT2D eigenvalue weighted by molar-refractivity contribution is 5.91. The first-order valence-electron chi connectivity index (χ1n) is 5.55. The van der Waals surface area contributed by atoms with Gasteiger partial charge >= 0.3 is 5.97 Å². The fourth-order valence-corrected chi connectivity index (χ4v) is 1.22. The van der Waals surface area contributed by atoms with Gasteiger partial charge in [-0.3, -0.25) is 0 Å². The van der Waals surface area contributed by atoms with Gasteiger partial charge in [0.15, 0.2) is 0 Å². The maximum Gasteiger partial charge on any atom is 0.341 e. The van der Waals surface area contributed by atoms with Crippen molar-refractivity contribution in [3.63, 3.8) is 0 Å². The van der Waals surface area contributed by atoms with Crippen molar-refractivity contribution in [3.05, 3.63) is 17.8 Å². The van der Waals surface area contributed by atoms with Crippen LogP contribution in [0.15, 0.2) is 12.3 Å². The van der Waals surface area contributed by atoms with E-state index < -0.39 is 5.97 Å². The van der Waals surface area contributed by atoms with Gasteiger partial charge in [0.25, 0.3) is 0 Å². The van der Waals surface area contributed by atoms with E-state index in [9.17, 15) is 4.79 Å². The normalized spacial score (nSPS) is 11.3. The first-order valence-corrected chi connectivity index (χ1v) is 5.55. The summed E-state index contributed by atoms with van der Waals surface area (Å²) in [5.41, 5.74) is 5.45. The van der Waals surface area contributed by atoms with Crippen LogP contribution in [0.5, 0.6) is 5.88 Å². The van der Waals surface area contributed by atoms with E-state index in [1.54, 1.807) is 0 Å². The van der Waals surface area contributed by atoms with Gasteiger partial charge in [-0.15, -0.1) is 0 Å². The molecule has 1 aromatic heterocycles. The number of rotatable bonds is 5. The van der Waals surface area contributed by atoms with Gasteiger partial charge in [-0.25, -0.2) is 9.78 Å². The first kappa shape index (κ1) is 14.2. The molecule has 0 saturated carbocycles. The van der Waals surface area contributed by atoms with Crippen molar-refractivity contribution >= 4 is 11.7 Å². The van der Waals surface area contributed by atoms with E-state index in [1.807, 2.05) is 20.8 Å². The Balaban J connectivity index is 2.59. The van der Waals surface area contributed by atoms with Crippen molar-refractivity contribution in [1.29, 1.82) is 0 Å². The minimum absolute atomic E-state index is 0.0502. The molecular formula is C12H18N2O4. The summed E-state index contributed by atoms with van der Waals surface area (Å²) in [4.78, 5) is 14.8. The van der Waals surface area contributed by atoms with E-state index in [-0.39, 0.29) is 29.3 Å². The Morgan fingerprint density at radius 3 is 2.67 bits per heavy atom. The van der Waals surface area contributed by atoms with Crippen LogP contribution in [0.1, 0.15) is 31.1 Å². The molecule has 0 aliphatic heterocycles. The van der Waals surface area contributed by atoms with Crippen molar-refractivity contribution in [1.82, 2.24) is 4.98 Å². The molecule has 18 heavy (non-hydrogen) atoms. The van der Waals surface area contributed by atoms with E-state index in [4.69, 9.17) is 20.3 Å². The number of anilines is 1. The average Bonchev–Trinajstić information content (AvgIpc) is 2.24. The Morgan fingerprint density at radius 2 is 2.11 bits per heavy atom. The van der Waals surface area contributed by atoms with Crippen LogP contribution in [0.3, 0.4) is 0 Å². The zero-order valence-corrected chi connectivity index (χ0v) is 10.8. The molecule has 0 spiro atoms. The van der Waals surface area contributed by atoms with Crippen LogP contribution >= 0.6 is 0 Å². The molecule has 6 nitrogen and oxygen atoms in total. The monoisotopic (exact) mass is 254 g/mol. The molecule has 0 aliphatic rings. The van der Waals surface area contributed by atoms with Crippen LogP contribution in [-0.4, -0.2) is 34.9 Å². The number of hydrogen-bond donors (Lipinski definition) is 2. The maximum atomic E-state index is 11.0. The van der Waals surface area contributed by atoms with Crippen molar-refractivity contribution in [2.24, 2.45) is 0 Å². The Bertz CT molecular complexity index is 427. The lowest BCUT2D eigenvalue weighted by atomic mass is 10.2. The van der Waals surface area contributed by atoms with E-state index in [0.29, 0.717) is 6.61 Å². The highest BCUT2D eigenvalue weighted by Gasteiger charge is 2.14. The lowest BCUT2D eigenvalue weighted by molar-refractivity contribution is -0.0169. The van der Waals surface area contributed by atoms with Crippen molar-refractivity contribution < 1.29 is 19.4 Å². The molecule has 0 unspecified atom stereocenters. The van der Waals surface area contributed by atoms with Crippen LogP contribution in [-0.2, 0) is 4.74 Å². The molecule has 0 amide bonds. The first-order chi connectivity index (χ1) is 8.29. The number of aromatic carboxylic acids is 1. The maximum absolute atomic E-state index is 11.0. The van der Waals surface area contributed by atoms with Crippen molar-refractivity contribution in [3.8, 4) is 5.88 Å². The fourth-order valence-electron chi connectivity index (χ4n) is 1.22. The van der Waals surface area contributed by atoms with Gasteiger partial charge in [-0.1, -0.05) is 0 Å². The lowest BCUT2D eigenvalue weighted by Crippen LogP contribution is -2.23. The average molecular weight is 254 g/mol. The quantitative estimate of drug-likeness (QED) is 0.774. The summed E-state index contributed by atoms with van der Waals surface area (Å²) in [6.45, 7) is 6.37. The summed E-state index contributed by atoms with van der Waals surface area (Å²) in [5.74, 6) is -1.07. The number of nitrogens with two attached hydrogens (primary N) is 1. The Kier molecular flexibility index (Phi) is 4.49. The zero-order valence-electron chi connectivity index (χ0n) is 10.8. The minimum atomic E-state index is -1.12. The molecule has 0 saturated heterocycles. The Labute approximate surface area is 106 Å². The number of carbonyl (C=O) groups is 1. The second kappa shape index (κ2) is 5.68. The minimum Gasteiger partial charge on any atom is -0.477 e. The van der Waals surface area contributed by atoms with E-state index in [0.717, 1.165) is 0 Å². The topological polar surface area (TPSA) is 94.7 Å². The van der Waals surface area contributed by atoms with Gasteiger partial charge in [0, 0.05) is 0 Å². The SMILES string of the molecule is CC(C)(C)OCCOc1ncc(N)cc1C(=O)O. The van der Waals surface area contributed by atoms with Gasteiger partial charge in [0.2, 0.25) is 5.88 Å². The number of ether oxygens (including phenoxy) is 2. The highest BCUT2D eigenvalue weighted by Crippen LogP contribution is 2.18. The van der Waals surface area contributed by atoms with Gasteiger partial charge in [0.05, 0.1) is 24.1 Å². The van der Waals surface area contributed by atoms with Crippen LogP contribution in [0, 0.1) is 0 Å². The predicted molar refractivity (Wildman–Crippen MR) is 66.8 cm³/mol. The molecule has 0 bridgehead atoms. The summed E-state index contributed by atoms with van der Waals surface area (Å²) in [6, 6.07) is 1.31. The van der Waals surface area contributed by atoms with Gasteiger partial charge in [-0.2, -0.15) is 0 Å². The molecule has 0 aromatic carbocycles. The third-order valence-electron chi connectivity index (χ3n) is 1.96. The third-order valence-corrected chi connectivity index (χ3v) is 1.96. The fraction of sp³-hybridized carbons (Fsp3) is 0.500. The largest absolute Gasteiger partial charge is 0.477 e. The summed E-state index contributed by atoms with van der Waals surface area (Å²) >= 11 is 0. The molecule has 0 fully saturated rings. The predicted octanol–water partition coefficient (Wildman–Crippen LogP) is 1.56. The summed E-state index contributed by atoms with van der Waals surface area (Å²) in [6.07, 6.45) is 1.35. The standard InChI is InChI=1S/C12H18N2O4/c1-12(2,3)18-5-4-17-10-9(11(15)16)6-8(13)7-14-10/h6-7H,4-5,13H2,1-3H3,(H,15,16). The van der Waals surface area contributed by atoms with Crippen LogP contribution in [0.25, 0.3) is 0 Å². The molecule has 0 radical (unpaired) electrons. The molecule has 0 atom stereocenters. The van der Waals surface area contributed by atoms with Gasteiger partial charge in [-0.05, 0) is 26.8 Å². The number of nitrogen functional groups attached to an aromatic ring is 1. The Morgan fingerprint density at radius 1 is 1.44 bits per heavy atom. The van der Waals surface area contributed by atoms with Crippen LogP contribution < -0.4 is 10.5 Å². The number of aromatic nitrogens is 1.